The van der Waals surface area contributed by atoms with Gasteiger partial charge in [-0.25, -0.2) is 4.98 Å². The van der Waals surface area contributed by atoms with Crippen LogP contribution in [0.2, 0.25) is 0 Å². The summed E-state index contributed by atoms with van der Waals surface area (Å²) in [5.41, 5.74) is 2.04. The van der Waals surface area contributed by atoms with Crippen molar-refractivity contribution >= 4 is 50.6 Å². The number of nitrogens with zero attached hydrogens (tertiary/aromatic N) is 3. The minimum atomic E-state index is -0.0785. The fraction of sp³-hybridized carbons (Fsp3) is 0.292. The van der Waals surface area contributed by atoms with E-state index in [0.717, 1.165) is 16.0 Å². The second-order valence-electron chi connectivity index (χ2n) is 7.73. The summed E-state index contributed by atoms with van der Waals surface area (Å²) < 4.78 is 1.66. The molecule has 9 heteroatoms. The number of carbonyl (C=O) groups excluding carboxylic acids is 1. The first-order chi connectivity index (χ1) is 16.0. The number of thioether (sulfide) groups is 1. The van der Waals surface area contributed by atoms with Crippen molar-refractivity contribution in [1.82, 2.24) is 19.8 Å². The summed E-state index contributed by atoms with van der Waals surface area (Å²) in [4.78, 5) is 34.5. The van der Waals surface area contributed by atoms with Crippen LogP contribution in [-0.2, 0) is 11.3 Å². The van der Waals surface area contributed by atoms with Crippen LogP contribution in [0.3, 0.4) is 0 Å². The fourth-order valence-corrected chi connectivity index (χ4v) is 6.37. The zero-order valence-corrected chi connectivity index (χ0v) is 21.2. The minimum Gasteiger partial charge on any atom is -0.353 e. The van der Waals surface area contributed by atoms with Gasteiger partial charge in [0.1, 0.15) is 4.83 Å². The van der Waals surface area contributed by atoms with Gasteiger partial charge in [0.05, 0.1) is 17.2 Å². The van der Waals surface area contributed by atoms with Crippen LogP contribution in [0.1, 0.15) is 18.5 Å². The number of benzene rings is 1. The van der Waals surface area contributed by atoms with Gasteiger partial charge in [0.25, 0.3) is 5.56 Å². The molecular weight excluding hydrogens is 472 g/mol. The molecule has 33 heavy (non-hydrogen) atoms. The standard InChI is InChI=1S/C24H26N4O2S3/c1-4-28-23(30)21-17(19-11-8-12-31-19)14-32-22(21)26-24(28)33-15-20(29)25-13-18(27(2)3)16-9-6-5-7-10-16/h5-12,14,18H,4,13,15H2,1-3H3,(H,25,29). The van der Waals surface area contributed by atoms with Gasteiger partial charge in [-0.2, -0.15) is 0 Å². The van der Waals surface area contributed by atoms with E-state index in [1.165, 1.54) is 23.1 Å². The minimum absolute atomic E-state index is 0.0493. The second-order valence-corrected chi connectivity index (χ2v) is 10.5. The zero-order chi connectivity index (χ0) is 23.4. The molecule has 4 rings (SSSR count). The van der Waals surface area contributed by atoms with E-state index in [1.807, 2.05) is 62.1 Å². The summed E-state index contributed by atoms with van der Waals surface area (Å²) in [6, 6.07) is 14.2. The summed E-state index contributed by atoms with van der Waals surface area (Å²) >= 11 is 4.39. The molecule has 0 bridgehead atoms. The average Bonchev–Trinajstić information content (AvgIpc) is 3.48. The maximum absolute atomic E-state index is 13.3. The van der Waals surface area contributed by atoms with Crippen molar-refractivity contribution in [1.29, 1.82) is 0 Å². The first kappa shape index (κ1) is 23.7. The third-order valence-electron chi connectivity index (χ3n) is 5.39. The van der Waals surface area contributed by atoms with Crippen LogP contribution in [-0.4, -0.2) is 46.8 Å². The zero-order valence-electron chi connectivity index (χ0n) is 18.8. The smallest absolute Gasteiger partial charge is 0.263 e. The molecule has 6 nitrogen and oxygen atoms in total. The van der Waals surface area contributed by atoms with Crippen LogP contribution in [0.15, 0.2) is 63.2 Å². The maximum Gasteiger partial charge on any atom is 0.263 e. The van der Waals surface area contributed by atoms with Crippen LogP contribution in [0, 0.1) is 0 Å². The summed E-state index contributed by atoms with van der Waals surface area (Å²) in [6.07, 6.45) is 0. The van der Waals surface area contributed by atoms with Crippen molar-refractivity contribution in [3.05, 3.63) is 69.1 Å². The quantitative estimate of drug-likeness (QED) is 0.267. The number of carbonyl (C=O) groups is 1. The first-order valence-corrected chi connectivity index (χ1v) is 13.4. The van der Waals surface area contributed by atoms with Crippen molar-refractivity contribution in [2.45, 2.75) is 24.7 Å². The van der Waals surface area contributed by atoms with Crippen LogP contribution in [0.4, 0.5) is 0 Å². The third kappa shape index (κ3) is 5.22. The Bertz CT molecular complexity index is 1280. The van der Waals surface area contributed by atoms with E-state index in [2.05, 4.69) is 22.3 Å². The highest BCUT2D eigenvalue weighted by molar-refractivity contribution is 7.99. The van der Waals surface area contributed by atoms with E-state index >= 15 is 0 Å². The van der Waals surface area contributed by atoms with E-state index in [4.69, 9.17) is 4.98 Å². The molecule has 0 radical (unpaired) electrons. The van der Waals surface area contributed by atoms with Crippen molar-refractivity contribution < 1.29 is 4.79 Å². The monoisotopic (exact) mass is 498 g/mol. The van der Waals surface area contributed by atoms with Crippen LogP contribution >= 0.6 is 34.4 Å². The molecule has 3 heterocycles. The number of hydrogen-bond acceptors (Lipinski definition) is 7. The van der Waals surface area contributed by atoms with Gasteiger partial charge in [-0.15, -0.1) is 22.7 Å². The number of rotatable bonds is 9. The number of thiophene rings is 2. The molecule has 0 aliphatic rings. The topological polar surface area (TPSA) is 67.2 Å². The summed E-state index contributed by atoms with van der Waals surface area (Å²) in [5, 5.41) is 8.28. The van der Waals surface area contributed by atoms with E-state index in [9.17, 15) is 9.59 Å². The van der Waals surface area contributed by atoms with Crippen molar-refractivity contribution in [2.24, 2.45) is 0 Å². The Balaban J connectivity index is 1.48. The van der Waals surface area contributed by atoms with Gasteiger partial charge in [-0.3, -0.25) is 14.2 Å². The fourth-order valence-electron chi connectivity index (χ4n) is 3.67. The molecule has 0 saturated carbocycles. The summed E-state index contributed by atoms with van der Waals surface area (Å²) in [7, 11) is 4.01. The van der Waals surface area contributed by atoms with E-state index in [1.54, 1.807) is 15.9 Å². The normalized spacial score (nSPS) is 12.4. The lowest BCUT2D eigenvalue weighted by Crippen LogP contribution is -2.35. The van der Waals surface area contributed by atoms with Gasteiger partial charge in [-0.05, 0) is 38.0 Å². The van der Waals surface area contributed by atoms with E-state index in [0.29, 0.717) is 28.5 Å². The molecule has 3 aromatic heterocycles. The van der Waals surface area contributed by atoms with Crippen molar-refractivity contribution in [3.8, 4) is 10.4 Å². The Kier molecular flexibility index (Phi) is 7.64. The SMILES string of the molecule is CCn1c(SCC(=O)NCC(c2ccccc2)N(C)C)nc2scc(-c3cccs3)c2c1=O. The molecule has 0 saturated heterocycles. The molecule has 0 aliphatic heterocycles. The average molecular weight is 499 g/mol. The molecule has 0 fully saturated rings. The van der Waals surface area contributed by atoms with Crippen molar-refractivity contribution in [3.63, 3.8) is 0 Å². The van der Waals surface area contributed by atoms with Gasteiger partial charge < -0.3 is 10.2 Å². The lowest BCUT2D eigenvalue weighted by atomic mass is 10.1. The Morgan fingerprint density at radius 2 is 1.97 bits per heavy atom. The number of fused-ring (bicyclic) bond motifs is 1. The summed E-state index contributed by atoms with van der Waals surface area (Å²) in [6.45, 7) is 2.94. The molecule has 1 N–H and O–H groups in total. The van der Waals surface area contributed by atoms with Crippen LogP contribution in [0.25, 0.3) is 20.7 Å². The largest absolute Gasteiger partial charge is 0.353 e. The van der Waals surface area contributed by atoms with Crippen LogP contribution in [0.5, 0.6) is 0 Å². The predicted molar refractivity (Wildman–Crippen MR) is 139 cm³/mol. The van der Waals surface area contributed by atoms with E-state index in [-0.39, 0.29) is 23.3 Å². The maximum atomic E-state index is 13.3. The Hall–Kier alpha value is -2.46. The molecule has 4 aromatic rings. The highest BCUT2D eigenvalue weighted by atomic mass is 32.2. The number of hydrogen-bond donors (Lipinski definition) is 1. The number of nitrogens with one attached hydrogen (secondary N) is 1. The molecule has 1 unspecified atom stereocenters. The Morgan fingerprint density at radius 3 is 2.64 bits per heavy atom. The lowest BCUT2D eigenvalue weighted by Gasteiger charge is -2.25. The highest BCUT2D eigenvalue weighted by Crippen LogP contribution is 2.34. The van der Waals surface area contributed by atoms with Crippen molar-refractivity contribution in [2.75, 3.05) is 26.4 Å². The second kappa shape index (κ2) is 10.6. The van der Waals surface area contributed by atoms with Gasteiger partial charge >= 0.3 is 0 Å². The molecule has 0 aliphatic carbocycles. The number of aromatic nitrogens is 2. The molecular formula is C24H26N4O2S3. The first-order valence-electron chi connectivity index (χ1n) is 10.7. The summed E-state index contributed by atoms with van der Waals surface area (Å²) in [5.74, 6) is 0.126. The number of amides is 1. The highest BCUT2D eigenvalue weighted by Gasteiger charge is 2.19. The molecule has 172 valence electrons. The third-order valence-corrected chi connectivity index (χ3v) is 8.15. The van der Waals surface area contributed by atoms with E-state index < -0.39 is 0 Å². The van der Waals surface area contributed by atoms with Gasteiger partial charge in [-0.1, -0.05) is 48.2 Å². The molecule has 1 atom stereocenters. The Labute approximate surface area is 205 Å². The molecule has 0 spiro atoms. The Morgan fingerprint density at radius 1 is 1.18 bits per heavy atom. The van der Waals surface area contributed by atoms with Gasteiger partial charge in [0, 0.05) is 28.9 Å². The van der Waals surface area contributed by atoms with Gasteiger partial charge in [0.2, 0.25) is 5.91 Å². The number of likely N-dealkylation sites (N-methyl/N-ethyl adjacent to an activating group) is 1. The van der Waals surface area contributed by atoms with Crippen LogP contribution < -0.4 is 10.9 Å². The molecule has 1 aromatic carbocycles. The predicted octanol–water partition coefficient (Wildman–Crippen LogP) is 4.72. The molecule has 1 amide bonds. The lowest BCUT2D eigenvalue weighted by molar-refractivity contribution is -0.118. The van der Waals surface area contributed by atoms with Gasteiger partial charge in [0.15, 0.2) is 5.16 Å².